The lowest BCUT2D eigenvalue weighted by atomic mass is 10.1. The molecule has 0 bridgehead atoms. The van der Waals surface area contributed by atoms with E-state index in [-0.39, 0.29) is 11.4 Å². The summed E-state index contributed by atoms with van der Waals surface area (Å²) in [6.45, 7) is 0.325. The number of carbonyl (C=O) groups is 2. The molecule has 0 radical (unpaired) electrons. The lowest BCUT2D eigenvalue weighted by Crippen LogP contribution is -2.36. The molecule has 2 N–H and O–H groups in total. The Balaban J connectivity index is 1.84. The maximum atomic E-state index is 11.7. The van der Waals surface area contributed by atoms with Crippen LogP contribution in [0.15, 0.2) is 54.6 Å². The first-order chi connectivity index (χ1) is 11.1. The standard InChI is InChI=1S/C16H15N3O4/c20-15(17-10-9-12-5-2-1-3-6-12)16(21)18-13-7-4-8-14(11-13)19(22)23/h1-8,11H,9-10H2,(H,17,20)(H,18,21). The minimum Gasteiger partial charge on any atom is -0.347 e. The molecule has 2 aromatic carbocycles. The van der Waals surface area contributed by atoms with Gasteiger partial charge in [-0.15, -0.1) is 0 Å². The van der Waals surface area contributed by atoms with Crippen molar-refractivity contribution < 1.29 is 14.5 Å². The lowest BCUT2D eigenvalue weighted by Gasteiger charge is -2.06. The number of benzene rings is 2. The van der Waals surface area contributed by atoms with E-state index < -0.39 is 16.7 Å². The summed E-state index contributed by atoms with van der Waals surface area (Å²) < 4.78 is 0. The molecule has 2 rings (SSSR count). The van der Waals surface area contributed by atoms with Crippen LogP contribution in [0.2, 0.25) is 0 Å². The molecule has 7 nitrogen and oxygen atoms in total. The summed E-state index contributed by atoms with van der Waals surface area (Å²) in [5.74, 6) is -1.65. The highest BCUT2D eigenvalue weighted by atomic mass is 16.6. The number of nitro groups is 1. The van der Waals surface area contributed by atoms with E-state index in [0.29, 0.717) is 13.0 Å². The van der Waals surface area contributed by atoms with Crippen LogP contribution in [0.3, 0.4) is 0 Å². The van der Waals surface area contributed by atoms with Gasteiger partial charge in [-0.25, -0.2) is 0 Å². The average Bonchev–Trinajstić information content (AvgIpc) is 2.56. The minimum atomic E-state index is -0.862. The second-order valence-electron chi connectivity index (χ2n) is 4.75. The van der Waals surface area contributed by atoms with E-state index in [4.69, 9.17) is 0 Å². The summed E-state index contributed by atoms with van der Waals surface area (Å²) >= 11 is 0. The van der Waals surface area contributed by atoms with Gasteiger partial charge >= 0.3 is 11.8 Å². The highest BCUT2D eigenvalue weighted by Crippen LogP contribution is 2.16. The van der Waals surface area contributed by atoms with Crippen molar-refractivity contribution in [2.75, 3.05) is 11.9 Å². The van der Waals surface area contributed by atoms with Crippen molar-refractivity contribution in [3.8, 4) is 0 Å². The van der Waals surface area contributed by atoms with Crippen molar-refractivity contribution >= 4 is 23.2 Å². The first-order valence-electron chi connectivity index (χ1n) is 6.94. The van der Waals surface area contributed by atoms with Crippen molar-refractivity contribution in [1.82, 2.24) is 5.32 Å². The summed E-state index contributed by atoms with van der Waals surface area (Å²) in [6.07, 6.45) is 0.608. The molecular formula is C16H15N3O4. The van der Waals surface area contributed by atoms with Crippen molar-refractivity contribution in [2.24, 2.45) is 0 Å². The monoisotopic (exact) mass is 313 g/mol. The van der Waals surface area contributed by atoms with Gasteiger partial charge in [0, 0.05) is 24.4 Å². The van der Waals surface area contributed by atoms with Gasteiger partial charge in [-0.1, -0.05) is 36.4 Å². The van der Waals surface area contributed by atoms with Crippen molar-refractivity contribution in [1.29, 1.82) is 0 Å². The van der Waals surface area contributed by atoms with E-state index in [1.54, 1.807) is 0 Å². The molecule has 0 heterocycles. The summed E-state index contributed by atoms with van der Waals surface area (Å²) in [5, 5.41) is 15.5. The lowest BCUT2D eigenvalue weighted by molar-refractivity contribution is -0.384. The number of amides is 2. The van der Waals surface area contributed by atoms with Gasteiger partial charge in [-0.2, -0.15) is 0 Å². The third-order valence-electron chi connectivity index (χ3n) is 3.06. The number of anilines is 1. The molecule has 2 aromatic rings. The number of nitrogens with zero attached hydrogens (tertiary/aromatic N) is 1. The maximum Gasteiger partial charge on any atom is 0.313 e. The van der Waals surface area contributed by atoms with Crippen LogP contribution in [0.5, 0.6) is 0 Å². The van der Waals surface area contributed by atoms with Crippen LogP contribution in [0.25, 0.3) is 0 Å². The second-order valence-corrected chi connectivity index (χ2v) is 4.75. The number of rotatable bonds is 5. The number of hydrogen-bond donors (Lipinski definition) is 2. The summed E-state index contributed by atoms with van der Waals surface area (Å²) in [5.41, 5.74) is 1.08. The number of nitrogens with one attached hydrogen (secondary N) is 2. The Hall–Kier alpha value is -3.22. The van der Waals surface area contributed by atoms with Gasteiger partial charge in [-0.3, -0.25) is 19.7 Å². The Morgan fingerprint density at radius 2 is 1.74 bits per heavy atom. The normalized spacial score (nSPS) is 9.91. The Morgan fingerprint density at radius 3 is 2.43 bits per heavy atom. The van der Waals surface area contributed by atoms with Gasteiger partial charge in [0.2, 0.25) is 0 Å². The van der Waals surface area contributed by atoms with Gasteiger partial charge in [0.15, 0.2) is 0 Å². The van der Waals surface area contributed by atoms with Gasteiger partial charge in [0.1, 0.15) is 0 Å². The van der Waals surface area contributed by atoms with Crippen LogP contribution >= 0.6 is 0 Å². The third-order valence-corrected chi connectivity index (χ3v) is 3.06. The highest BCUT2D eigenvalue weighted by molar-refractivity contribution is 6.39. The number of carbonyl (C=O) groups excluding carboxylic acids is 2. The van der Waals surface area contributed by atoms with Gasteiger partial charge in [-0.05, 0) is 18.1 Å². The maximum absolute atomic E-state index is 11.7. The number of nitro benzene ring substituents is 1. The van der Waals surface area contributed by atoms with E-state index in [2.05, 4.69) is 10.6 Å². The fourth-order valence-corrected chi connectivity index (χ4v) is 1.93. The van der Waals surface area contributed by atoms with Crippen molar-refractivity contribution in [2.45, 2.75) is 6.42 Å². The molecule has 118 valence electrons. The SMILES string of the molecule is O=C(NCCc1ccccc1)C(=O)Nc1cccc([N+](=O)[O-])c1. The Labute approximate surface area is 132 Å². The zero-order valence-corrected chi connectivity index (χ0v) is 12.2. The quantitative estimate of drug-likeness (QED) is 0.500. The molecule has 0 fully saturated rings. The van der Waals surface area contributed by atoms with E-state index in [1.165, 1.54) is 24.3 Å². The predicted molar refractivity (Wildman–Crippen MR) is 84.9 cm³/mol. The summed E-state index contributed by atoms with van der Waals surface area (Å²) in [7, 11) is 0. The van der Waals surface area contributed by atoms with Gasteiger partial charge in [0.25, 0.3) is 5.69 Å². The molecule has 0 aliphatic heterocycles. The number of hydrogen-bond acceptors (Lipinski definition) is 4. The van der Waals surface area contributed by atoms with Crippen LogP contribution < -0.4 is 10.6 Å². The van der Waals surface area contributed by atoms with Crippen LogP contribution in [0, 0.1) is 10.1 Å². The molecule has 23 heavy (non-hydrogen) atoms. The molecule has 0 spiro atoms. The minimum absolute atomic E-state index is 0.160. The molecule has 0 aromatic heterocycles. The topological polar surface area (TPSA) is 101 Å². The third kappa shape index (κ3) is 4.92. The van der Waals surface area contributed by atoms with E-state index >= 15 is 0 Å². The molecule has 2 amide bonds. The summed E-state index contributed by atoms with van der Waals surface area (Å²) in [6, 6.07) is 14.9. The highest BCUT2D eigenvalue weighted by Gasteiger charge is 2.14. The zero-order chi connectivity index (χ0) is 16.7. The van der Waals surface area contributed by atoms with Crippen molar-refractivity contribution in [3.63, 3.8) is 0 Å². The largest absolute Gasteiger partial charge is 0.347 e. The first-order valence-corrected chi connectivity index (χ1v) is 6.94. The van der Waals surface area contributed by atoms with Crippen molar-refractivity contribution in [3.05, 3.63) is 70.3 Å². The van der Waals surface area contributed by atoms with Gasteiger partial charge in [0.05, 0.1) is 4.92 Å². The van der Waals surface area contributed by atoms with Crippen LogP contribution in [0.4, 0.5) is 11.4 Å². The summed E-state index contributed by atoms with van der Waals surface area (Å²) in [4.78, 5) is 33.5. The molecule has 0 unspecified atom stereocenters. The fraction of sp³-hybridized carbons (Fsp3) is 0.125. The molecule has 0 aliphatic carbocycles. The Bertz CT molecular complexity index is 716. The molecular weight excluding hydrogens is 298 g/mol. The predicted octanol–water partition coefficient (Wildman–Crippen LogP) is 1.89. The number of non-ortho nitro benzene ring substituents is 1. The first kappa shape index (κ1) is 16.2. The van der Waals surface area contributed by atoms with Crippen LogP contribution in [0.1, 0.15) is 5.56 Å². The Morgan fingerprint density at radius 1 is 1.00 bits per heavy atom. The van der Waals surface area contributed by atoms with E-state index in [0.717, 1.165) is 5.56 Å². The van der Waals surface area contributed by atoms with Crippen LogP contribution in [-0.4, -0.2) is 23.3 Å². The van der Waals surface area contributed by atoms with E-state index in [9.17, 15) is 19.7 Å². The second kappa shape index (κ2) is 7.69. The molecule has 0 saturated carbocycles. The molecule has 0 aliphatic rings. The van der Waals surface area contributed by atoms with Gasteiger partial charge < -0.3 is 10.6 Å². The Kier molecular flexibility index (Phi) is 5.40. The molecule has 0 atom stereocenters. The molecule has 7 heteroatoms. The van der Waals surface area contributed by atoms with E-state index in [1.807, 2.05) is 30.3 Å². The zero-order valence-electron chi connectivity index (χ0n) is 12.2. The average molecular weight is 313 g/mol. The molecule has 0 saturated heterocycles. The fourth-order valence-electron chi connectivity index (χ4n) is 1.93. The van der Waals surface area contributed by atoms with Crippen LogP contribution in [-0.2, 0) is 16.0 Å². The smallest absolute Gasteiger partial charge is 0.313 e.